The summed E-state index contributed by atoms with van der Waals surface area (Å²) in [4.78, 5) is 13.3. The van der Waals surface area contributed by atoms with E-state index in [9.17, 15) is 14.1 Å². The van der Waals surface area contributed by atoms with Crippen molar-refractivity contribution in [2.75, 3.05) is 6.61 Å². The molecular formula is C20H30O4S. The minimum absolute atomic E-state index is 0.0836. The lowest BCUT2D eigenvalue weighted by molar-refractivity contribution is -0.164. The van der Waals surface area contributed by atoms with Gasteiger partial charge in [0.15, 0.2) is 0 Å². The van der Waals surface area contributed by atoms with Gasteiger partial charge in [-0.2, -0.15) is 0 Å². The maximum absolute atomic E-state index is 13.2. The van der Waals surface area contributed by atoms with Crippen LogP contribution in [0.4, 0.5) is 0 Å². The first-order valence-electron chi connectivity index (χ1n) is 9.17. The number of aliphatic hydroxyl groups is 1. The van der Waals surface area contributed by atoms with Crippen LogP contribution >= 0.6 is 0 Å². The van der Waals surface area contributed by atoms with Crippen molar-refractivity contribution in [1.29, 1.82) is 0 Å². The fourth-order valence-corrected chi connectivity index (χ4v) is 5.67. The maximum atomic E-state index is 13.2. The number of hydrogen-bond donors (Lipinski definition) is 1. The molecule has 1 aromatic carbocycles. The van der Waals surface area contributed by atoms with E-state index in [4.69, 9.17) is 4.74 Å². The van der Waals surface area contributed by atoms with E-state index in [2.05, 4.69) is 0 Å². The third-order valence-electron chi connectivity index (χ3n) is 5.11. The molecule has 0 radical (unpaired) electrons. The van der Waals surface area contributed by atoms with Gasteiger partial charge in [-0.3, -0.25) is 9.00 Å². The SMILES string of the molecule is CCOC(=O)[C@@H](C(C)C)[C@@]1(O)CCCC[C@@H]1S(=O)c1ccc(C)cc1. The van der Waals surface area contributed by atoms with Gasteiger partial charge < -0.3 is 9.84 Å². The maximum Gasteiger partial charge on any atom is 0.312 e. The van der Waals surface area contributed by atoms with E-state index in [1.54, 1.807) is 6.92 Å². The second-order valence-electron chi connectivity index (χ2n) is 7.31. The van der Waals surface area contributed by atoms with Crippen molar-refractivity contribution in [1.82, 2.24) is 0 Å². The molecule has 1 N–H and O–H groups in total. The summed E-state index contributed by atoms with van der Waals surface area (Å²) in [5.74, 6) is -1.13. The monoisotopic (exact) mass is 366 g/mol. The molecule has 0 spiro atoms. The highest BCUT2D eigenvalue weighted by molar-refractivity contribution is 7.85. The van der Waals surface area contributed by atoms with Crippen LogP contribution in [-0.2, 0) is 20.3 Å². The van der Waals surface area contributed by atoms with Gasteiger partial charge in [-0.05, 0) is 44.7 Å². The van der Waals surface area contributed by atoms with Gasteiger partial charge in [0.2, 0.25) is 0 Å². The predicted octanol–water partition coefficient (Wildman–Crippen LogP) is 3.61. The molecule has 0 aromatic heterocycles. The zero-order chi connectivity index (χ0) is 18.6. The van der Waals surface area contributed by atoms with Gasteiger partial charge in [0, 0.05) is 4.90 Å². The number of esters is 1. The Bertz CT molecular complexity index is 611. The van der Waals surface area contributed by atoms with Crippen molar-refractivity contribution in [3.63, 3.8) is 0 Å². The second kappa shape index (κ2) is 8.45. The van der Waals surface area contributed by atoms with E-state index in [-0.39, 0.29) is 18.5 Å². The Hall–Kier alpha value is -1.20. The van der Waals surface area contributed by atoms with E-state index in [0.29, 0.717) is 17.7 Å². The smallest absolute Gasteiger partial charge is 0.312 e. The van der Waals surface area contributed by atoms with E-state index < -0.39 is 27.6 Å². The zero-order valence-electron chi connectivity index (χ0n) is 15.7. The summed E-state index contributed by atoms with van der Waals surface area (Å²) >= 11 is 0. The molecule has 140 valence electrons. The normalized spacial score (nSPS) is 26.2. The molecule has 5 heteroatoms. The van der Waals surface area contributed by atoms with Crippen LogP contribution in [0.15, 0.2) is 29.2 Å². The molecule has 1 aliphatic carbocycles. The highest BCUT2D eigenvalue weighted by atomic mass is 32.2. The molecule has 1 fully saturated rings. The number of rotatable bonds is 6. The Morgan fingerprint density at radius 1 is 1.32 bits per heavy atom. The van der Waals surface area contributed by atoms with Crippen LogP contribution in [0, 0.1) is 18.8 Å². The van der Waals surface area contributed by atoms with Crippen molar-refractivity contribution in [2.45, 2.75) is 69.1 Å². The molecule has 25 heavy (non-hydrogen) atoms. The standard InChI is InChI=1S/C20H30O4S/c1-5-24-19(21)18(14(2)3)20(22)13-7-6-8-17(20)25(23)16-11-9-15(4)10-12-16/h9-12,14,17-18,22H,5-8,13H2,1-4H3/t17-,18+,20+,25?/m0/s1. The summed E-state index contributed by atoms with van der Waals surface area (Å²) in [7, 11) is -1.36. The number of ether oxygens (including phenoxy) is 1. The topological polar surface area (TPSA) is 63.6 Å². The average Bonchev–Trinajstić information content (AvgIpc) is 2.55. The lowest BCUT2D eigenvalue weighted by Gasteiger charge is -2.45. The number of aryl methyl sites for hydroxylation is 1. The molecule has 1 aliphatic rings. The lowest BCUT2D eigenvalue weighted by Crippen LogP contribution is -2.57. The molecule has 0 bridgehead atoms. The van der Waals surface area contributed by atoms with Gasteiger partial charge in [-0.25, -0.2) is 0 Å². The summed E-state index contributed by atoms with van der Waals surface area (Å²) in [6.07, 6.45) is 2.88. The largest absolute Gasteiger partial charge is 0.466 e. The summed E-state index contributed by atoms with van der Waals surface area (Å²) in [6.45, 7) is 7.87. The first-order valence-corrected chi connectivity index (χ1v) is 10.4. The predicted molar refractivity (Wildman–Crippen MR) is 99.8 cm³/mol. The molecule has 1 unspecified atom stereocenters. The van der Waals surface area contributed by atoms with E-state index in [0.717, 1.165) is 18.4 Å². The zero-order valence-corrected chi connectivity index (χ0v) is 16.5. The molecule has 4 atom stereocenters. The lowest BCUT2D eigenvalue weighted by atomic mass is 9.71. The van der Waals surface area contributed by atoms with Crippen LogP contribution in [0.5, 0.6) is 0 Å². The van der Waals surface area contributed by atoms with Crippen LogP contribution in [-0.4, -0.2) is 32.7 Å². The Morgan fingerprint density at radius 3 is 2.52 bits per heavy atom. The van der Waals surface area contributed by atoms with Crippen molar-refractivity contribution in [2.24, 2.45) is 11.8 Å². The van der Waals surface area contributed by atoms with Crippen molar-refractivity contribution >= 4 is 16.8 Å². The summed E-state index contributed by atoms with van der Waals surface area (Å²) in [5.41, 5.74) is -0.194. The highest BCUT2D eigenvalue weighted by Crippen LogP contribution is 2.42. The van der Waals surface area contributed by atoms with E-state index in [1.807, 2.05) is 45.0 Å². The number of carbonyl (C=O) groups is 1. The van der Waals surface area contributed by atoms with Crippen LogP contribution in [0.2, 0.25) is 0 Å². The molecule has 0 saturated heterocycles. The fraction of sp³-hybridized carbons (Fsp3) is 0.650. The molecule has 4 nitrogen and oxygen atoms in total. The molecule has 0 amide bonds. The third kappa shape index (κ3) is 4.32. The fourth-order valence-electron chi connectivity index (χ4n) is 3.92. The minimum Gasteiger partial charge on any atom is -0.466 e. The molecule has 0 heterocycles. The highest BCUT2D eigenvalue weighted by Gasteiger charge is 2.52. The Balaban J connectivity index is 2.38. The van der Waals surface area contributed by atoms with Gasteiger partial charge in [0.05, 0.1) is 34.2 Å². The Morgan fingerprint density at radius 2 is 1.96 bits per heavy atom. The molecular weight excluding hydrogens is 336 g/mol. The number of benzene rings is 1. The Kier molecular flexibility index (Phi) is 6.80. The summed E-state index contributed by atoms with van der Waals surface area (Å²) in [5, 5.41) is 11.1. The van der Waals surface area contributed by atoms with Crippen molar-refractivity contribution < 1.29 is 18.8 Å². The summed E-state index contributed by atoms with van der Waals surface area (Å²) in [6, 6.07) is 7.57. The number of carbonyl (C=O) groups excluding carboxylic acids is 1. The van der Waals surface area contributed by atoms with Crippen LogP contribution in [0.3, 0.4) is 0 Å². The van der Waals surface area contributed by atoms with Crippen LogP contribution < -0.4 is 0 Å². The second-order valence-corrected chi connectivity index (χ2v) is 8.95. The van der Waals surface area contributed by atoms with Crippen LogP contribution in [0.25, 0.3) is 0 Å². The van der Waals surface area contributed by atoms with Crippen molar-refractivity contribution in [3.8, 4) is 0 Å². The first kappa shape index (κ1) is 20.1. The average molecular weight is 367 g/mol. The first-order chi connectivity index (χ1) is 11.8. The third-order valence-corrected chi connectivity index (χ3v) is 7.01. The van der Waals surface area contributed by atoms with E-state index in [1.165, 1.54) is 0 Å². The van der Waals surface area contributed by atoms with Crippen molar-refractivity contribution in [3.05, 3.63) is 29.8 Å². The quantitative estimate of drug-likeness (QED) is 0.781. The van der Waals surface area contributed by atoms with Gasteiger partial charge in [-0.15, -0.1) is 0 Å². The molecule has 1 aromatic rings. The minimum atomic E-state index is -1.36. The molecule has 1 saturated carbocycles. The van der Waals surface area contributed by atoms with Gasteiger partial charge in [0.25, 0.3) is 0 Å². The van der Waals surface area contributed by atoms with Gasteiger partial charge in [-0.1, -0.05) is 44.4 Å². The number of hydrogen-bond acceptors (Lipinski definition) is 4. The van der Waals surface area contributed by atoms with Crippen LogP contribution in [0.1, 0.15) is 52.0 Å². The van der Waals surface area contributed by atoms with Gasteiger partial charge >= 0.3 is 5.97 Å². The molecule has 2 rings (SSSR count). The molecule has 0 aliphatic heterocycles. The Labute approximate surface area is 153 Å². The van der Waals surface area contributed by atoms with Gasteiger partial charge in [0.1, 0.15) is 0 Å². The van der Waals surface area contributed by atoms with E-state index >= 15 is 0 Å². The summed E-state index contributed by atoms with van der Waals surface area (Å²) < 4.78 is 18.5.